The van der Waals surface area contributed by atoms with E-state index in [9.17, 15) is 4.39 Å². The molecule has 0 N–H and O–H groups in total. The fourth-order valence-corrected chi connectivity index (χ4v) is 3.17. The van der Waals surface area contributed by atoms with Crippen molar-refractivity contribution in [2.45, 2.75) is 46.0 Å². The topological polar surface area (TPSA) is 0 Å². The summed E-state index contributed by atoms with van der Waals surface area (Å²) in [5.41, 5.74) is 3.43. The molecule has 1 rings (SSSR count). The second-order valence-corrected chi connectivity index (χ2v) is 5.99. The lowest BCUT2D eigenvalue weighted by Crippen LogP contribution is -2.19. The average Bonchev–Trinajstić information content (AvgIpc) is 2.52. The molecule has 0 aliphatic carbocycles. The van der Waals surface area contributed by atoms with Crippen molar-refractivity contribution < 1.29 is 4.39 Å². The van der Waals surface area contributed by atoms with Crippen molar-refractivity contribution in [3.05, 3.63) is 54.6 Å². The molecule has 0 bridgehead atoms. The zero-order chi connectivity index (χ0) is 15.8. The number of alkyl halides is 1. The third kappa shape index (κ3) is 4.56. The van der Waals surface area contributed by atoms with Gasteiger partial charge in [-0.15, -0.1) is 0 Å². The summed E-state index contributed by atoms with van der Waals surface area (Å²) in [4.78, 5) is 0. The predicted octanol–water partition coefficient (Wildman–Crippen LogP) is 6.40. The fourth-order valence-electron chi connectivity index (χ4n) is 3.17. The van der Waals surface area contributed by atoms with Gasteiger partial charge >= 0.3 is 0 Å². The second-order valence-electron chi connectivity index (χ2n) is 5.99. The van der Waals surface area contributed by atoms with Crippen LogP contribution in [0.25, 0.3) is 5.57 Å². The molecule has 3 unspecified atom stereocenters. The highest BCUT2D eigenvalue weighted by Crippen LogP contribution is 2.37. The maximum Gasteiger partial charge on any atom is 0.0897 e. The number of halogens is 1. The molecule has 0 aliphatic rings. The van der Waals surface area contributed by atoms with Crippen molar-refractivity contribution in [3.8, 4) is 0 Å². The highest BCUT2D eigenvalue weighted by molar-refractivity contribution is 5.74. The Morgan fingerprint density at radius 1 is 1.24 bits per heavy atom. The third-order valence-electron chi connectivity index (χ3n) is 4.72. The Bertz CT molecular complexity index is 455. The lowest BCUT2D eigenvalue weighted by molar-refractivity contribution is 0.253. The van der Waals surface area contributed by atoms with Crippen molar-refractivity contribution >= 4 is 5.57 Å². The standard InChI is InChI=1S/C20H29F/c1-6-10-18(13-14-21)16(4)17(5)20-12-9-8-11-19(20)15(3)7-2/h7-9,11-12,16-18H,2-3,6,10,13-14H2,1,4-5H3. The minimum atomic E-state index is -0.220. The number of rotatable bonds is 9. The molecule has 3 atom stereocenters. The molecular weight excluding hydrogens is 259 g/mol. The highest BCUT2D eigenvalue weighted by atomic mass is 19.1. The summed E-state index contributed by atoms with van der Waals surface area (Å²) in [6, 6.07) is 8.38. The number of hydrogen-bond acceptors (Lipinski definition) is 0. The van der Waals surface area contributed by atoms with Crippen LogP contribution in [0.2, 0.25) is 0 Å². The van der Waals surface area contributed by atoms with Crippen LogP contribution in [-0.4, -0.2) is 6.67 Å². The van der Waals surface area contributed by atoms with E-state index in [4.69, 9.17) is 0 Å². The normalized spacial score (nSPS) is 15.2. The minimum Gasteiger partial charge on any atom is -0.251 e. The van der Waals surface area contributed by atoms with E-state index < -0.39 is 0 Å². The Labute approximate surface area is 129 Å². The van der Waals surface area contributed by atoms with Crippen LogP contribution in [0.3, 0.4) is 0 Å². The first kappa shape index (κ1) is 17.7. The van der Waals surface area contributed by atoms with Gasteiger partial charge in [-0.2, -0.15) is 0 Å². The van der Waals surface area contributed by atoms with Gasteiger partial charge in [0.05, 0.1) is 6.67 Å². The van der Waals surface area contributed by atoms with Gasteiger partial charge in [-0.1, -0.05) is 77.1 Å². The molecule has 1 heteroatoms. The molecule has 0 saturated heterocycles. The first-order valence-corrected chi connectivity index (χ1v) is 8.03. The minimum absolute atomic E-state index is 0.220. The molecule has 0 spiro atoms. The lowest BCUT2D eigenvalue weighted by Gasteiger charge is -2.30. The Kier molecular flexibility index (Phi) is 7.42. The van der Waals surface area contributed by atoms with Crippen LogP contribution in [-0.2, 0) is 0 Å². The van der Waals surface area contributed by atoms with Gasteiger partial charge in [-0.3, -0.25) is 4.39 Å². The zero-order valence-corrected chi connectivity index (χ0v) is 13.7. The van der Waals surface area contributed by atoms with Crippen LogP contribution in [0.5, 0.6) is 0 Å². The summed E-state index contributed by atoms with van der Waals surface area (Å²) in [7, 11) is 0. The Morgan fingerprint density at radius 3 is 2.48 bits per heavy atom. The number of hydrogen-bond donors (Lipinski definition) is 0. The van der Waals surface area contributed by atoms with Gasteiger partial charge in [0.1, 0.15) is 0 Å². The van der Waals surface area contributed by atoms with Crippen LogP contribution in [0, 0.1) is 11.8 Å². The average molecular weight is 288 g/mol. The van der Waals surface area contributed by atoms with E-state index >= 15 is 0 Å². The first-order chi connectivity index (χ1) is 10.1. The van der Waals surface area contributed by atoms with Gasteiger partial charge in [0.15, 0.2) is 0 Å². The monoisotopic (exact) mass is 288 g/mol. The second kappa shape index (κ2) is 8.81. The van der Waals surface area contributed by atoms with Crippen molar-refractivity contribution in [2.75, 3.05) is 6.67 Å². The summed E-state index contributed by atoms with van der Waals surface area (Å²) in [5, 5.41) is 0. The van der Waals surface area contributed by atoms with Gasteiger partial charge in [0, 0.05) is 0 Å². The molecule has 0 nitrogen and oxygen atoms in total. The summed E-state index contributed by atoms with van der Waals surface area (Å²) in [6.45, 7) is 14.4. The highest BCUT2D eigenvalue weighted by Gasteiger charge is 2.24. The smallest absolute Gasteiger partial charge is 0.0897 e. The van der Waals surface area contributed by atoms with E-state index in [0.717, 1.165) is 18.4 Å². The first-order valence-electron chi connectivity index (χ1n) is 8.03. The maximum atomic E-state index is 12.8. The van der Waals surface area contributed by atoms with E-state index in [-0.39, 0.29) is 6.67 Å². The van der Waals surface area contributed by atoms with Crippen molar-refractivity contribution in [3.63, 3.8) is 0 Å². The van der Waals surface area contributed by atoms with E-state index in [2.05, 4.69) is 52.1 Å². The molecule has 116 valence electrons. The molecule has 0 amide bonds. The van der Waals surface area contributed by atoms with Gasteiger partial charge in [-0.25, -0.2) is 0 Å². The molecular formula is C20H29F. The van der Waals surface area contributed by atoms with Crippen LogP contribution in [0.4, 0.5) is 4.39 Å². The van der Waals surface area contributed by atoms with Crippen LogP contribution >= 0.6 is 0 Å². The van der Waals surface area contributed by atoms with E-state index in [0.29, 0.717) is 24.2 Å². The predicted molar refractivity (Wildman–Crippen MR) is 92.2 cm³/mol. The van der Waals surface area contributed by atoms with Crippen molar-refractivity contribution in [1.29, 1.82) is 0 Å². The molecule has 0 saturated carbocycles. The molecule has 21 heavy (non-hydrogen) atoms. The van der Waals surface area contributed by atoms with Crippen molar-refractivity contribution in [1.82, 2.24) is 0 Å². The van der Waals surface area contributed by atoms with Gasteiger partial charge in [0.2, 0.25) is 0 Å². The quantitative estimate of drug-likeness (QED) is 0.461. The molecule has 0 heterocycles. The lowest BCUT2D eigenvalue weighted by atomic mass is 9.75. The van der Waals surface area contributed by atoms with E-state index in [1.165, 1.54) is 11.1 Å². The molecule has 0 aromatic heterocycles. The summed E-state index contributed by atoms with van der Waals surface area (Å²) < 4.78 is 12.8. The molecule has 0 fully saturated rings. The maximum absolute atomic E-state index is 12.8. The number of allylic oxidation sites excluding steroid dienone is 2. The molecule has 0 aliphatic heterocycles. The molecule has 1 aromatic carbocycles. The Balaban J connectivity index is 3.03. The molecule has 0 radical (unpaired) electrons. The van der Waals surface area contributed by atoms with Gasteiger partial charge in [-0.05, 0) is 40.9 Å². The Morgan fingerprint density at radius 2 is 1.90 bits per heavy atom. The summed E-state index contributed by atoms with van der Waals surface area (Å²) in [6.07, 6.45) is 4.69. The summed E-state index contributed by atoms with van der Waals surface area (Å²) in [5.74, 6) is 1.29. The van der Waals surface area contributed by atoms with Crippen LogP contribution < -0.4 is 0 Å². The SMILES string of the molecule is C=CC(=C)c1ccccc1C(C)C(C)C(CCC)CCF. The van der Waals surface area contributed by atoms with Gasteiger partial charge < -0.3 is 0 Å². The van der Waals surface area contributed by atoms with E-state index in [1.54, 1.807) is 6.08 Å². The zero-order valence-electron chi connectivity index (χ0n) is 13.7. The fraction of sp³-hybridized carbons (Fsp3) is 0.500. The third-order valence-corrected chi connectivity index (χ3v) is 4.72. The Hall–Kier alpha value is -1.37. The number of benzene rings is 1. The van der Waals surface area contributed by atoms with Gasteiger partial charge in [0.25, 0.3) is 0 Å². The summed E-state index contributed by atoms with van der Waals surface area (Å²) >= 11 is 0. The van der Waals surface area contributed by atoms with E-state index in [1.807, 2.05) is 6.07 Å². The largest absolute Gasteiger partial charge is 0.251 e. The van der Waals surface area contributed by atoms with Crippen molar-refractivity contribution in [2.24, 2.45) is 11.8 Å². The van der Waals surface area contributed by atoms with Crippen LogP contribution in [0.1, 0.15) is 57.1 Å². The molecule has 1 aromatic rings. The van der Waals surface area contributed by atoms with Crippen LogP contribution in [0.15, 0.2) is 43.5 Å².